The molecule has 0 radical (unpaired) electrons. The Balaban J connectivity index is 1.89. The smallest absolute Gasteiger partial charge is 0.235 e. The maximum absolute atomic E-state index is 13.5. The molecule has 2 heterocycles. The average Bonchev–Trinajstić information content (AvgIpc) is 3.21. The van der Waals surface area contributed by atoms with Crippen molar-refractivity contribution in [3.8, 4) is 5.75 Å². The predicted octanol–water partition coefficient (Wildman–Crippen LogP) is 4.40. The fraction of sp³-hybridized carbons (Fsp3) is 0.348. The Labute approximate surface area is 171 Å². The molecule has 0 fully saturated rings. The minimum Gasteiger partial charge on any atom is -0.496 e. The third-order valence-electron chi connectivity index (χ3n) is 5.37. The Bertz CT molecular complexity index is 1010. The number of ether oxygens (including phenoxy) is 1. The van der Waals surface area contributed by atoms with Crippen LogP contribution in [0, 0.1) is 5.41 Å². The standard InChI is InChI=1S/C23H26N4O2/c1-23(2,3)21(28)26-18(16-10-6-5-7-11-16)14-19(27-22(26)24-15-25-27)17-12-8-9-13-20(17)29-4/h5-13,15,18-19H,14H2,1-4H3. The maximum atomic E-state index is 13.5. The fourth-order valence-corrected chi connectivity index (χ4v) is 3.95. The number of nitrogens with zero attached hydrogens (tertiary/aromatic N) is 4. The summed E-state index contributed by atoms with van der Waals surface area (Å²) in [7, 11) is 1.67. The molecular formula is C23H26N4O2. The summed E-state index contributed by atoms with van der Waals surface area (Å²) >= 11 is 0. The van der Waals surface area contributed by atoms with Gasteiger partial charge in [-0.2, -0.15) is 10.1 Å². The number of benzene rings is 2. The Morgan fingerprint density at radius 3 is 2.41 bits per heavy atom. The number of para-hydroxylation sites is 1. The molecule has 3 aromatic rings. The molecule has 0 saturated heterocycles. The zero-order chi connectivity index (χ0) is 20.6. The molecule has 1 aromatic heterocycles. The van der Waals surface area contributed by atoms with Crippen molar-refractivity contribution in [3.05, 3.63) is 72.1 Å². The average molecular weight is 390 g/mol. The van der Waals surface area contributed by atoms with Crippen molar-refractivity contribution in [3.63, 3.8) is 0 Å². The van der Waals surface area contributed by atoms with E-state index in [9.17, 15) is 4.79 Å². The van der Waals surface area contributed by atoms with Gasteiger partial charge in [0.15, 0.2) is 0 Å². The number of hydrogen-bond donors (Lipinski definition) is 0. The number of anilines is 1. The number of amides is 1. The summed E-state index contributed by atoms with van der Waals surface area (Å²) in [6.45, 7) is 5.80. The molecular weight excluding hydrogens is 364 g/mol. The lowest BCUT2D eigenvalue weighted by atomic mass is 9.88. The zero-order valence-electron chi connectivity index (χ0n) is 17.2. The van der Waals surface area contributed by atoms with Crippen molar-refractivity contribution in [2.24, 2.45) is 5.41 Å². The van der Waals surface area contributed by atoms with Crippen LogP contribution in [0.3, 0.4) is 0 Å². The van der Waals surface area contributed by atoms with Gasteiger partial charge in [-0.25, -0.2) is 4.68 Å². The van der Waals surface area contributed by atoms with Gasteiger partial charge in [-0.3, -0.25) is 9.69 Å². The number of aromatic nitrogens is 3. The second kappa shape index (κ2) is 7.35. The lowest BCUT2D eigenvalue weighted by Crippen LogP contribution is -2.47. The first kappa shape index (κ1) is 19.2. The number of hydrogen-bond acceptors (Lipinski definition) is 4. The van der Waals surface area contributed by atoms with Gasteiger partial charge >= 0.3 is 0 Å². The van der Waals surface area contributed by atoms with E-state index in [0.29, 0.717) is 12.4 Å². The summed E-state index contributed by atoms with van der Waals surface area (Å²) in [4.78, 5) is 19.8. The van der Waals surface area contributed by atoms with Crippen LogP contribution < -0.4 is 9.64 Å². The van der Waals surface area contributed by atoms with Crippen LogP contribution in [0.15, 0.2) is 60.9 Å². The molecule has 0 N–H and O–H groups in total. The molecule has 29 heavy (non-hydrogen) atoms. The zero-order valence-corrected chi connectivity index (χ0v) is 17.2. The Morgan fingerprint density at radius 2 is 1.72 bits per heavy atom. The number of fused-ring (bicyclic) bond motifs is 1. The molecule has 6 heteroatoms. The first-order valence-electron chi connectivity index (χ1n) is 9.83. The van der Waals surface area contributed by atoms with Crippen LogP contribution in [0.4, 0.5) is 5.95 Å². The number of carbonyl (C=O) groups excluding carboxylic acids is 1. The normalized spacial score (nSPS) is 19.0. The highest BCUT2D eigenvalue weighted by Gasteiger charge is 2.43. The second-order valence-electron chi connectivity index (χ2n) is 8.35. The number of methoxy groups -OCH3 is 1. The topological polar surface area (TPSA) is 60.2 Å². The van der Waals surface area contributed by atoms with E-state index in [1.165, 1.54) is 6.33 Å². The number of carbonyl (C=O) groups is 1. The monoisotopic (exact) mass is 390 g/mol. The van der Waals surface area contributed by atoms with Gasteiger partial charge in [-0.15, -0.1) is 0 Å². The van der Waals surface area contributed by atoms with Gasteiger partial charge in [-0.05, 0) is 18.1 Å². The van der Waals surface area contributed by atoms with Gasteiger partial charge in [0.05, 0.1) is 19.2 Å². The number of rotatable bonds is 3. The van der Waals surface area contributed by atoms with Gasteiger partial charge < -0.3 is 4.74 Å². The van der Waals surface area contributed by atoms with Crippen LogP contribution in [-0.2, 0) is 4.79 Å². The van der Waals surface area contributed by atoms with Crippen molar-refractivity contribution in [2.45, 2.75) is 39.3 Å². The molecule has 1 amide bonds. The molecule has 1 aliphatic rings. The van der Waals surface area contributed by atoms with Gasteiger partial charge in [-0.1, -0.05) is 69.3 Å². The van der Waals surface area contributed by atoms with Gasteiger partial charge in [0, 0.05) is 11.0 Å². The van der Waals surface area contributed by atoms with Crippen LogP contribution in [0.5, 0.6) is 5.75 Å². The van der Waals surface area contributed by atoms with E-state index >= 15 is 0 Å². The summed E-state index contributed by atoms with van der Waals surface area (Å²) in [6.07, 6.45) is 2.20. The van der Waals surface area contributed by atoms with Crippen molar-refractivity contribution in [2.75, 3.05) is 12.0 Å². The summed E-state index contributed by atoms with van der Waals surface area (Å²) in [6, 6.07) is 17.9. The van der Waals surface area contributed by atoms with Crippen LogP contribution in [0.25, 0.3) is 0 Å². The third kappa shape index (κ3) is 3.39. The van der Waals surface area contributed by atoms with Crippen LogP contribution >= 0.6 is 0 Å². The molecule has 2 atom stereocenters. The first-order chi connectivity index (χ1) is 13.9. The minimum absolute atomic E-state index is 0.0269. The van der Waals surface area contributed by atoms with Gasteiger partial charge in [0.1, 0.15) is 12.1 Å². The van der Waals surface area contributed by atoms with E-state index in [1.54, 1.807) is 7.11 Å². The minimum atomic E-state index is -0.541. The summed E-state index contributed by atoms with van der Waals surface area (Å²) in [5.74, 6) is 1.40. The second-order valence-corrected chi connectivity index (χ2v) is 8.35. The van der Waals surface area contributed by atoms with Crippen molar-refractivity contribution < 1.29 is 9.53 Å². The van der Waals surface area contributed by atoms with E-state index in [0.717, 1.165) is 16.9 Å². The molecule has 2 unspecified atom stereocenters. The molecule has 2 aromatic carbocycles. The summed E-state index contributed by atoms with van der Waals surface area (Å²) in [5.41, 5.74) is 1.57. The van der Waals surface area contributed by atoms with Crippen LogP contribution in [0.1, 0.15) is 50.4 Å². The molecule has 1 aliphatic heterocycles. The third-order valence-corrected chi connectivity index (χ3v) is 5.37. The highest BCUT2D eigenvalue weighted by molar-refractivity contribution is 5.96. The molecule has 0 saturated carbocycles. The Morgan fingerprint density at radius 1 is 1.03 bits per heavy atom. The Kier molecular flexibility index (Phi) is 4.86. The SMILES string of the molecule is COc1ccccc1C1CC(c2ccccc2)N(C(=O)C(C)(C)C)c2ncnn21. The van der Waals surface area contributed by atoms with E-state index in [4.69, 9.17) is 4.74 Å². The molecule has 150 valence electrons. The first-order valence-corrected chi connectivity index (χ1v) is 9.83. The molecule has 0 bridgehead atoms. The van der Waals surface area contributed by atoms with Gasteiger partial charge in [0.25, 0.3) is 0 Å². The molecule has 0 spiro atoms. The van der Waals surface area contributed by atoms with E-state index in [2.05, 4.69) is 28.3 Å². The molecule has 4 rings (SSSR count). The highest BCUT2D eigenvalue weighted by Crippen LogP contribution is 2.45. The largest absolute Gasteiger partial charge is 0.496 e. The van der Waals surface area contributed by atoms with E-state index in [1.807, 2.05) is 66.8 Å². The highest BCUT2D eigenvalue weighted by atomic mass is 16.5. The maximum Gasteiger partial charge on any atom is 0.235 e. The van der Waals surface area contributed by atoms with Crippen molar-refractivity contribution >= 4 is 11.9 Å². The van der Waals surface area contributed by atoms with Gasteiger partial charge in [0.2, 0.25) is 11.9 Å². The summed E-state index contributed by atoms with van der Waals surface area (Å²) < 4.78 is 7.47. The molecule has 6 nitrogen and oxygen atoms in total. The fourth-order valence-electron chi connectivity index (χ4n) is 3.95. The molecule has 0 aliphatic carbocycles. The lowest BCUT2D eigenvalue weighted by Gasteiger charge is -2.41. The Hall–Kier alpha value is -3.15. The van der Waals surface area contributed by atoms with E-state index < -0.39 is 5.41 Å². The lowest BCUT2D eigenvalue weighted by molar-refractivity contribution is -0.126. The van der Waals surface area contributed by atoms with E-state index in [-0.39, 0.29) is 18.0 Å². The van der Waals surface area contributed by atoms with Crippen molar-refractivity contribution in [1.82, 2.24) is 14.8 Å². The van der Waals surface area contributed by atoms with Crippen molar-refractivity contribution in [1.29, 1.82) is 0 Å². The van der Waals surface area contributed by atoms with Crippen LogP contribution in [-0.4, -0.2) is 27.8 Å². The summed E-state index contributed by atoms with van der Waals surface area (Å²) in [5, 5.41) is 4.49. The quantitative estimate of drug-likeness (QED) is 0.665. The predicted molar refractivity (Wildman–Crippen MR) is 112 cm³/mol. The van der Waals surface area contributed by atoms with Crippen LogP contribution in [0.2, 0.25) is 0 Å².